The maximum Gasteiger partial charge on any atom is 0.179 e. The quantitative estimate of drug-likeness (QED) is 0.0799. The minimum absolute atomic E-state index is 0.249. The van der Waals surface area contributed by atoms with Crippen molar-refractivity contribution in [2.45, 2.75) is 0 Å². The molecular weight excluding hydrogens is 796 g/mol. The molecule has 0 N–H and O–H groups in total. The number of halogens is 1. The molecule has 11 aromatic carbocycles. The number of nitrogens with zero attached hydrogens (tertiary/aromatic N) is 2. The van der Waals surface area contributed by atoms with Gasteiger partial charge in [0.15, 0.2) is 8.07 Å². The Morgan fingerprint density at radius 2 is 0.875 bits per heavy atom. The van der Waals surface area contributed by atoms with E-state index >= 15 is 0 Å². The molecule has 1 aromatic heterocycles. The number of hydrogen-bond acceptors (Lipinski definition) is 1. The first-order valence-electron chi connectivity index (χ1n) is 21.9. The summed E-state index contributed by atoms with van der Waals surface area (Å²) in [6.45, 7) is 0. The summed E-state index contributed by atoms with van der Waals surface area (Å²) in [7, 11) is -2.64. The molecule has 1 heterocycles. The van der Waals surface area contributed by atoms with Gasteiger partial charge in [-0.15, -0.1) is 0 Å². The molecule has 4 heteroatoms. The van der Waals surface area contributed by atoms with Gasteiger partial charge < -0.3 is 9.47 Å². The van der Waals surface area contributed by atoms with Crippen molar-refractivity contribution in [2.24, 2.45) is 0 Å². The van der Waals surface area contributed by atoms with Gasteiger partial charge in [-0.1, -0.05) is 188 Å². The Balaban J connectivity index is 1.01. The van der Waals surface area contributed by atoms with Crippen molar-refractivity contribution in [3.05, 3.63) is 255 Å². The highest BCUT2D eigenvalue weighted by molar-refractivity contribution is 7.19. The summed E-state index contributed by atoms with van der Waals surface area (Å²) in [5, 5.41) is 12.5. The molecule has 0 saturated heterocycles. The van der Waals surface area contributed by atoms with E-state index in [-0.39, 0.29) is 5.82 Å². The van der Waals surface area contributed by atoms with E-state index in [2.05, 4.69) is 234 Å². The number of benzene rings is 11. The number of aromatic nitrogens is 1. The van der Waals surface area contributed by atoms with Crippen molar-refractivity contribution in [1.29, 1.82) is 0 Å². The van der Waals surface area contributed by atoms with Gasteiger partial charge in [0.25, 0.3) is 0 Å². The van der Waals surface area contributed by atoms with Crippen LogP contribution in [0.15, 0.2) is 249 Å². The van der Waals surface area contributed by atoms with E-state index in [1.165, 1.54) is 53.2 Å². The largest absolute Gasteiger partial charge is 0.310 e. The Kier molecular flexibility index (Phi) is 9.06. The van der Waals surface area contributed by atoms with Crippen molar-refractivity contribution in [1.82, 2.24) is 4.57 Å². The van der Waals surface area contributed by atoms with E-state index in [4.69, 9.17) is 0 Å². The van der Waals surface area contributed by atoms with Gasteiger partial charge in [-0.2, -0.15) is 0 Å². The van der Waals surface area contributed by atoms with Crippen molar-refractivity contribution >= 4 is 89.2 Å². The lowest BCUT2D eigenvalue weighted by molar-refractivity contribution is 0.627. The van der Waals surface area contributed by atoms with Crippen LogP contribution in [0.2, 0.25) is 0 Å². The third-order valence-electron chi connectivity index (χ3n) is 13.1. The van der Waals surface area contributed by atoms with Gasteiger partial charge in [0.05, 0.1) is 16.7 Å². The summed E-state index contributed by atoms with van der Waals surface area (Å²) in [6, 6.07) is 89.1. The molecule has 0 amide bonds. The van der Waals surface area contributed by atoms with Gasteiger partial charge in [0.1, 0.15) is 5.82 Å². The molecule has 64 heavy (non-hydrogen) atoms. The Bertz CT molecular complexity index is 3480. The predicted octanol–water partition coefficient (Wildman–Crippen LogP) is 13.2. The first kappa shape index (κ1) is 37.7. The minimum atomic E-state index is -2.64. The lowest BCUT2D eigenvalue weighted by Crippen LogP contribution is -2.74. The molecule has 0 spiro atoms. The second kappa shape index (κ2) is 15.4. The highest BCUT2D eigenvalue weighted by atomic mass is 28.3. The normalized spacial score (nSPS) is 11.8. The van der Waals surface area contributed by atoms with Crippen LogP contribution in [0, 0.1) is 5.82 Å². The summed E-state index contributed by atoms with van der Waals surface area (Å²) < 4.78 is 16.6. The third kappa shape index (κ3) is 6.06. The number of anilines is 3. The molecule has 12 rings (SSSR count). The van der Waals surface area contributed by atoms with E-state index in [0.29, 0.717) is 0 Å². The Labute approximate surface area is 372 Å². The van der Waals surface area contributed by atoms with Gasteiger partial charge in [-0.25, -0.2) is 4.39 Å². The maximum absolute atomic E-state index is 14.3. The molecule has 0 aliphatic rings. The highest BCUT2D eigenvalue weighted by Crippen LogP contribution is 2.45. The molecule has 302 valence electrons. The van der Waals surface area contributed by atoms with E-state index in [1.54, 1.807) is 12.1 Å². The molecular formula is C60H41FN2Si. The van der Waals surface area contributed by atoms with E-state index < -0.39 is 8.07 Å². The fourth-order valence-electron chi connectivity index (χ4n) is 10.3. The average Bonchev–Trinajstić information content (AvgIpc) is 3.70. The van der Waals surface area contributed by atoms with Gasteiger partial charge in [0, 0.05) is 33.2 Å². The van der Waals surface area contributed by atoms with Crippen molar-refractivity contribution in [3.63, 3.8) is 0 Å². The molecule has 0 fully saturated rings. The van der Waals surface area contributed by atoms with Crippen LogP contribution in [0.3, 0.4) is 0 Å². The number of hydrogen-bond donors (Lipinski definition) is 0. The first-order valence-corrected chi connectivity index (χ1v) is 23.9. The lowest BCUT2D eigenvalue weighted by atomic mass is 10.00. The first-order chi connectivity index (χ1) is 31.6. The molecule has 0 radical (unpaired) electrons. The van der Waals surface area contributed by atoms with Crippen LogP contribution in [-0.2, 0) is 0 Å². The standard InChI is InChI=1S/C60H41FN2Si/c61-47-32-36-49(37-33-47)63-57-25-13-16-45-26-27-46-40-50(41-58(63)60(46)59(45)57)62(56-24-12-15-44-14-10-11-23-55(44)56)48-34-28-42(29-35-48)43-30-38-54(39-31-43)64(51-17-4-1-5-18-51,52-19-6-2-7-20-52)53-21-8-3-9-22-53/h1-41H. The topological polar surface area (TPSA) is 8.17 Å². The van der Waals surface area contributed by atoms with Gasteiger partial charge in [-0.3, -0.25) is 0 Å². The van der Waals surface area contributed by atoms with Crippen LogP contribution in [0.4, 0.5) is 21.5 Å². The monoisotopic (exact) mass is 836 g/mol. The fourth-order valence-corrected chi connectivity index (χ4v) is 15.0. The van der Waals surface area contributed by atoms with Gasteiger partial charge >= 0.3 is 0 Å². The Morgan fingerprint density at radius 1 is 0.359 bits per heavy atom. The molecule has 0 bridgehead atoms. The van der Waals surface area contributed by atoms with Crippen LogP contribution in [-0.4, -0.2) is 12.6 Å². The third-order valence-corrected chi connectivity index (χ3v) is 17.9. The molecule has 2 nitrogen and oxygen atoms in total. The molecule has 0 atom stereocenters. The van der Waals surface area contributed by atoms with Crippen LogP contribution in [0.5, 0.6) is 0 Å². The van der Waals surface area contributed by atoms with Gasteiger partial charge in [-0.05, 0) is 109 Å². The summed E-state index contributed by atoms with van der Waals surface area (Å²) in [6.07, 6.45) is 0. The summed E-state index contributed by atoms with van der Waals surface area (Å²) in [4.78, 5) is 2.39. The van der Waals surface area contributed by atoms with Crippen LogP contribution in [0.25, 0.3) is 60.2 Å². The van der Waals surface area contributed by atoms with E-state index in [1.807, 2.05) is 12.1 Å². The van der Waals surface area contributed by atoms with E-state index in [0.717, 1.165) is 44.7 Å². The smallest absolute Gasteiger partial charge is 0.179 e. The maximum atomic E-state index is 14.3. The molecule has 12 aromatic rings. The van der Waals surface area contributed by atoms with Crippen molar-refractivity contribution < 1.29 is 4.39 Å². The SMILES string of the molecule is Fc1ccc(-n2c3cccc4ccc5cc(N(c6ccc(-c7ccc([Si](c8ccccc8)(c8ccccc8)c8ccccc8)cc7)cc6)c6cccc7ccccc67)cc2c5c43)cc1. The highest BCUT2D eigenvalue weighted by Gasteiger charge is 2.41. The molecule has 0 aliphatic heterocycles. The van der Waals surface area contributed by atoms with Gasteiger partial charge in [0.2, 0.25) is 0 Å². The fraction of sp³-hybridized carbons (Fsp3) is 0. The summed E-state index contributed by atoms with van der Waals surface area (Å²) in [5.74, 6) is -0.249. The Hall–Kier alpha value is -8.05. The number of fused-ring (bicyclic) bond motifs is 1. The zero-order valence-corrected chi connectivity index (χ0v) is 35.9. The van der Waals surface area contributed by atoms with Crippen LogP contribution < -0.4 is 25.6 Å². The predicted molar refractivity (Wildman–Crippen MR) is 271 cm³/mol. The van der Waals surface area contributed by atoms with Crippen LogP contribution in [0.1, 0.15) is 0 Å². The second-order valence-corrected chi connectivity index (χ2v) is 20.4. The van der Waals surface area contributed by atoms with Crippen molar-refractivity contribution in [3.8, 4) is 16.8 Å². The zero-order chi connectivity index (χ0) is 42.6. The minimum Gasteiger partial charge on any atom is -0.310 e. The molecule has 0 aliphatic carbocycles. The van der Waals surface area contributed by atoms with E-state index in [9.17, 15) is 4.39 Å². The Morgan fingerprint density at radius 3 is 1.53 bits per heavy atom. The zero-order valence-electron chi connectivity index (χ0n) is 34.9. The summed E-state index contributed by atoms with van der Waals surface area (Å²) in [5.41, 5.74) is 8.61. The summed E-state index contributed by atoms with van der Waals surface area (Å²) >= 11 is 0. The van der Waals surface area contributed by atoms with Crippen LogP contribution >= 0.6 is 0 Å². The molecule has 0 saturated carbocycles. The second-order valence-electron chi connectivity index (χ2n) is 16.6. The number of rotatable bonds is 9. The van der Waals surface area contributed by atoms with Crippen molar-refractivity contribution in [2.75, 3.05) is 4.90 Å². The molecule has 0 unspecified atom stereocenters. The lowest BCUT2D eigenvalue weighted by Gasteiger charge is -2.34. The average molecular weight is 837 g/mol.